The average Bonchev–Trinajstić information content (AvgIpc) is 2.79. The van der Waals surface area contributed by atoms with E-state index < -0.39 is 23.8 Å². The molecule has 1 saturated heterocycles. The molecule has 1 aromatic carbocycles. The first kappa shape index (κ1) is 16.7. The van der Waals surface area contributed by atoms with Gasteiger partial charge >= 0.3 is 0 Å². The molecule has 0 aliphatic carbocycles. The molecule has 0 bridgehead atoms. The highest BCUT2D eigenvalue weighted by atomic mass is 16.5. The van der Waals surface area contributed by atoms with E-state index in [1.165, 1.54) is 7.11 Å². The number of imide groups is 2. The number of carbonyl (C=O) groups is 4. The Balaban J connectivity index is 1.79. The summed E-state index contributed by atoms with van der Waals surface area (Å²) >= 11 is 0. The summed E-state index contributed by atoms with van der Waals surface area (Å²) in [5.74, 6) is -1.61. The lowest BCUT2D eigenvalue weighted by molar-refractivity contribution is -0.136. The second kappa shape index (κ2) is 6.21. The molecule has 1 aromatic rings. The van der Waals surface area contributed by atoms with Crippen LogP contribution in [0.5, 0.6) is 5.75 Å². The molecule has 8 heteroatoms. The van der Waals surface area contributed by atoms with Crippen LogP contribution in [-0.4, -0.2) is 54.8 Å². The van der Waals surface area contributed by atoms with Crippen LogP contribution in [-0.2, 0) is 22.4 Å². The van der Waals surface area contributed by atoms with E-state index in [1.54, 1.807) is 6.07 Å². The van der Waals surface area contributed by atoms with Crippen LogP contribution in [0.15, 0.2) is 6.07 Å². The average molecular weight is 357 g/mol. The highest BCUT2D eigenvalue weighted by Crippen LogP contribution is 2.38. The Morgan fingerprint density at radius 2 is 1.85 bits per heavy atom. The van der Waals surface area contributed by atoms with Crippen molar-refractivity contribution in [3.05, 3.63) is 28.3 Å². The lowest BCUT2D eigenvalue weighted by atomic mass is 9.95. The molecular weight excluding hydrogens is 338 g/mol. The maximum absolute atomic E-state index is 13.0. The molecule has 1 atom stereocenters. The number of amides is 4. The highest BCUT2D eigenvalue weighted by Gasteiger charge is 2.46. The number of benzene rings is 1. The van der Waals surface area contributed by atoms with Gasteiger partial charge in [0.25, 0.3) is 11.8 Å². The summed E-state index contributed by atoms with van der Waals surface area (Å²) < 4.78 is 5.53. The maximum Gasteiger partial charge on any atom is 0.266 e. The van der Waals surface area contributed by atoms with Gasteiger partial charge in [-0.25, -0.2) is 0 Å². The first-order chi connectivity index (χ1) is 12.5. The van der Waals surface area contributed by atoms with Gasteiger partial charge in [-0.2, -0.15) is 0 Å². The van der Waals surface area contributed by atoms with E-state index in [0.717, 1.165) is 35.5 Å². The van der Waals surface area contributed by atoms with Crippen LogP contribution >= 0.6 is 0 Å². The van der Waals surface area contributed by atoms with Crippen molar-refractivity contribution >= 4 is 23.6 Å². The minimum absolute atomic E-state index is 0.100. The van der Waals surface area contributed by atoms with Gasteiger partial charge in [0.15, 0.2) is 0 Å². The largest absolute Gasteiger partial charge is 0.496 e. The van der Waals surface area contributed by atoms with Gasteiger partial charge in [-0.05, 0) is 49.5 Å². The van der Waals surface area contributed by atoms with Gasteiger partial charge in [-0.3, -0.25) is 29.4 Å². The lowest BCUT2D eigenvalue weighted by Crippen LogP contribution is -2.54. The van der Waals surface area contributed by atoms with Crippen molar-refractivity contribution in [3.63, 3.8) is 0 Å². The Labute approximate surface area is 149 Å². The van der Waals surface area contributed by atoms with Crippen molar-refractivity contribution < 1.29 is 23.9 Å². The van der Waals surface area contributed by atoms with Crippen molar-refractivity contribution in [2.24, 2.45) is 0 Å². The van der Waals surface area contributed by atoms with E-state index in [-0.39, 0.29) is 29.9 Å². The topological polar surface area (TPSA) is 105 Å². The Kier molecular flexibility index (Phi) is 3.99. The number of carbonyl (C=O) groups excluding carboxylic acids is 4. The van der Waals surface area contributed by atoms with Gasteiger partial charge in [-0.1, -0.05) is 0 Å². The summed E-state index contributed by atoms with van der Waals surface area (Å²) in [4.78, 5) is 50.5. The molecule has 3 heterocycles. The van der Waals surface area contributed by atoms with Crippen LogP contribution in [0, 0.1) is 0 Å². The lowest BCUT2D eigenvalue weighted by Gasteiger charge is -2.27. The number of fused-ring (bicyclic) bond motifs is 2. The van der Waals surface area contributed by atoms with Gasteiger partial charge in [0, 0.05) is 6.42 Å². The highest BCUT2D eigenvalue weighted by molar-refractivity contribution is 6.24. The number of methoxy groups -OCH3 is 1. The Bertz CT molecular complexity index is 848. The SMILES string of the molecule is COc1c2c(cc3c1C(=O)N(C1CCC(=O)NC1=O)C3=O)CCNCC2. The van der Waals surface area contributed by atoms with Crippen molar-refractivity contribution in [1.29, 1.82) is 0 Å². The molecule has 4 amide bonds. The zero-order chi connectivity index (χ0) is 18.4. The van der Waals surface area contributed by atoms with Gasteiger partial charge < -0.3 is 10.1 Å². The molecule has 3 aliphatic rings. The number of rotatable bonds is 2. The molecule has 0 aromatic heterocycles. The van der Waals surface area contributed by atoms with Gasteiger partial charge in [-0.15, -0.1) is 0 Å². The number of hydrogen-bond donors (Lipinski definition) is 2. The van der Waals surface area contributed by atoms with Crippen LogP contribution in [0.1, 0.15) is 44.7 Å². The van der Waals surface area contributed by atoms with Crippen molar-refractivity contribution in [1.82, 2.24) is 15.5 Å². The molecule has 3 aliphatic heterocycles. The molecule has 0 saturated carbocycles. The summed E-state index contributed by atoms with van der Waals surface area (Å²) in [5.41, 5.74) is 2.42. The zero-order valence-electron chi connectivity index (χ0n) is 14.4. The smallest absolute Gasteiger partial charge is 0.266 e. The predicted octanol–water partition coefficient (Wildman–Crippen LogP) is -0.215. The van der Waals surface area contributed by atoms with E-state index in [9.17, 15) is 19.2 Å². The molecule has 2 N–H and O–H groups in total. The number of nitrogens with zero attached hydrogens (tertiary/aromatic N) is 1. The predicted molar refractivity (Wildman–Crippen MR) is 89.9 cm³/mol. The fourth-order valence-electron chi connectivity index (χ4n) is 3.97. The molecule has 4 rings (SSSR count). The third-order valence-electron chi connectivity index (χ3n) is 5.21. The Morgan fingerprint density at radius 1 is 1.08 bits per heavy atom. The Hall–Kier alpha value is -2.74. The van der Waals surface area contributed by atoms with E-state index in [1.807, 2.05) is 0 Å². The zero-order valence-corrected chi connectivity index (χ0v) is 14.4. The number of ether oxygens (including phenoxy) is 1. The van der Waals surface area contributed by atoms with Crippen LogP contribution in [0.4, 0.5) is 0 Å². The summed E-state index contributed by atoms with van der Waals surface area (Å²) in [6, 6.07) is 0.790. The molecule has 1 fully saturated rings. The third-order valence-corrected chi connectivity index (χ3v) is 5.21. The van der Waals surface area contributed by atoms with E-state index >= 15 is 0 Å². The molecule has 0 radical (unpaired) electrons. The van der Waals surface area contributed by atoms with Crippen LogP contribution in [0.25, 0.3) is 0 Å². The van der Waals surface area contributed by atoms with Crippen molar-refractivity contribution in [3.8, 4) is 5.75 Å². The van der Waals surface area contributed by atoms with Crippen LogP contribution < -0.4 is 15.4 Å². The number of nitrogens with one attached hydrogen (secondary N) is 2. The van der Waals surface area contributed by atoms with Gasteiger partial charge in [0.1, 0.15) is 11.8 Å². The normalized spacial score (nSPS) is 22.7. The summed E-state index contributed by atoms with van der Waals surface area (Å²) in [7, 11) is 1.49. The standard InChI is InChI=1S/C18H19N3O5/c1-26-15-10-5-7-19-6-4-9(10)8-11-14(15)18(25)21(17(11)24)12-2-3-13(22)20-16(12)23/h8,12,19H,2-7H2,1H3,(H,20,22,23). The number of hydrogen-bond acceptors (Lipinski definition) is 6. The first-order valence-electron chi connectivity index (χ1n) is 8.68. The molecule has 136 valence electrons. The molecule has 8 nitrogen and oxygen atoms in total. The van der Waals surface area contributed by atoms with E-state index in [4.69, 9.17) is 4.74 Å². The van der Waals surface area contributed by atoms with Gasteiger partial charge in [0.2, 0.25) is 11.8 Å². The van der Waals surface area contributed by atoms with Gasteiger partial charge in [0.05, 0.1) is 18.2 Å². The maximum atomic E-state index is 13.0. The second-order valence-corrected chi connectivity index (χ2v) is 6.67. The summed E-state index contributed by atoms with van der Waals surface area (Å²) in [6.07, 6.45) is 1.68. The summed E-state index contributed by atoms with van der Waals surface area (Å²) in [6.45, 7) is 1.55. The summed E-state index contributed by atoms with van der Waals surface area (Å²) in [5, 5.41) is 5.50. The van der Waals surface area contributed by atoms with Crippen LogP contribution in [0.2, 0.25) is 0 Å². The van der Waals surface area contributed by atoms with Crippen molar-refractivity contribution in [2.75, 3.05) is 20.2 Å². The minimum Gasteiger partial charge on any atom is -0.496 e. The quantitative estimate of drug-likeness (QED) is 0.710. The van der Waals surface area contributed by atoms with Crippen LogP contribution in [0.3, 0.4) is 0 Å². The van der Waals surface area contributed by atoms with E-state index in [0.29, 0.717) is 12.2 Å². The van der Waals surface area contributed by atoms with Crippen molar-refractivity contribution in [2.45, 2.75) is 31.7 Å². The molecular formula is C18H19N3O5. The fraction of sp³-hybridized carbons (Fsp3) is 0.444. The molecule has 26 heavy (non-hydrogen) atoms. The second-order valence-electron chi connectivity index (χ2n) is 6.67. The fourth-order valence-corrected chi connectivity index (χ4v) is 3.97. The third kappa shape index (κ3) is 2.40. The van der Waals surface area contributed by atoms with E-state index in [2.05, 4.69) is 10.6 Å². The minimum atomic E-state index is -0.966. The monoisotopic (exact) mass is 357 g/mol. The first-order valence-corrected chi connectivity index (χ1v) is 8.68. The molecule has 0 spiro atoms. The number of piperidine rings is 1. The Morgan fingerprint density at radius 3 is 2.58 bits per heavy atom. The molecule has 1 unspecified atom stereocenters.